The zero-order valence-corrected chi connectivity index (χ0v) is 40.0. The Labute approximate surface area is 379 Å². The molecule has 0 radical (unpaired) electrons. The van der Waals surface area contributed by atoms with Crippen molar-refractivity contribution < 1.29 is 38.2 Å². The Morgan fingerprint density at radius 2 is 0.855 bits per heavy atom. The number of carbonyl (C=O) groups excluding carboxylic acids is 3. The summed E-state index contributed by atoms with van der Waals surface area (Å²) in [6.45, 7) is 4.39. The van der Waals surface area contributed by atoms with Gasteiger partial charge in [0, 0.05) is 19.3 Å². The molecule has 0 aromatic heterocycles. The minimum Gasteiger partial charge on any atom is -0.544 e. The zero-order chi connectivity index (χ0) is 45.6. The van der Waals surface area contributed by atoms with Crippen LogP contribution in [0.2, 0.25) is 0 Å². The first kappa shape index (κ1) is 58.2. The Morgan fingerprint density at radius 3 is 1.27 bits per heavy atom. The molecule has 2 unspecified atom stereocenters. The van der Waals surface area contributed by atoms with Gasteiger partial charge in [-0.3, -0.25) is 9.59 Å². The SMILES string of the molecule is CC/C=C/C/C=C/C/C=C/C/C=C/C/C=C/CCCCCC(=O)OC(COCCC(C(=O)[O-])[N+](C)(C)C)COC(=O)CCCCCCCCCCC/C=C/C/C=C/C/C=C/CC. The smallest absolute Gasteiger partial charge is 0.306 e. The van der Waals surface area contributed by atoms with Gasteiger partial charge in [-0.1, -0.05) is 162 Å². The number of unbranched alkanes of at least 4 members (excludes halogenated alkanes) is 12. The summed E-state index contributed by atoms with van der Waals surface area (Å²) >= 11 is 0. The van der Waals surface area contributed by atoms with E-state index in [0.29, 0.717) is 12.8 Å². The highest BCUT2D eigenvalue weighted by Crippen LogP contribution is 2.13. The van der Waals surface area contributed by atoms with Gasteiger partial charge in [0.25, 0.3) is 0 Å². The number of ether oxygens (including phenoxy) is 3. The Hall–Kier alpha value is -3.75. The second-order valence-corrected chi connectivity index (χ2v) is 16.9. The van der Waals surface area contributed by atoms with E-state index < -0.39 is 18.1 Å². The topological polar surface area (TPSA) is 102 Å². The van der Waals surface area contributed by atoms with E-state index in [1.54, 1.807) is 21.1 Å². The minimum absolute atomic E-state index is 0.0196. The van der Waals surface area contributed by atoms with E-state index in [2.05, 4.69) is 111 Å². The maximum Gasteiger partial charge on any atom is 0.306 e. The zero-order valence-electron chi connectivity index (χ0n) is 40.0. The molecule has 8 nitrogen and oxygen atoms in total. The minimum atomic E-state index is -1.14. The van der Waals surface area contributed by atoms with Gasteiger partial charge in [-0.2, -0.15) is 0 Å². The van der Waals surface area contributed by atoms with Crippen LogP contribution in [0.25, 0.3) is 0 Å². The van der Waals surface area contributed by atoms with Crippen LogP contribution in [0.3, 0.4) is 0 Å². The van der Waals surface area contributed by atoms with Gasteiger partial charge in [0.1, 0.15) is 12.6 Å². The molecule has 0 aromatic carbocycles. The van der Waals surface area contributed by atoms with Crippen LogP contribution in [0.15, 0.2) is 97.2 Å². The van der Waals surface area contributed by atoms with Gasteiger partial charge in [0.05, 0.1) is 40.3 Å². The normalized spacial score (nSPS) is 13.8. The molecule has 0 amide bonds. The van der Waals surface area contributed by atoms with Crippen LogP contribution >= 0.6 is 0 Å². The first-order valence-electron chi connectivity index (χ1n) is 24.3. The molecular formula is C54H89NO7. The molecule has 0 fully saturated rings. The number of likely N-dealkylation sites (N-methyl/N-ethyl adjacent to an activating group) is 1. The van der Waals surface area contributed by atoms with Gasteiger partial charge in [0.2, 0.25) is 0 Å². The van der Waals surface area contributed by atoms with Crippen LogP contribution < -0.4 is 5.11 Å². The molecule has 8 heteroatoms. The van der Waals surface area contributed by atoms with Crippen LogP contribution in [0.1, 0.15) is 174 Å². The number of aliphatic carboxylic acids is 1. The molecule has 0 bridgehead atoms. The predicted molar refractivity (Wildman–Crippen MR) is 258 cm³/mol. The molecule has 2 atom stereocenters. The maximum absolute atomic E-state index is 12.8. The third-order valence-corrected chi connectivity index (χ3v) is 10.2. The lowest BCUT2D eigenvalue weighted by Gasteiger charge is -2.34. The average molecular weight is 864 g/mol. The Balaban J connectivity index is 4.37. The van der Waals surface area contributed by atoms with Gasteiger partial charge in [-0.05, 0) is 89.9 Å². The molecule has 0 spiro atoms. The van der Waals surface area contributed by atoms with E-state index in [-0.39, 0.29) is 49.1 Å². The van der Waals surface area contributed by atoms with Crippen molar-refractivity contribution in [3.05, 3.63) is 97.2 Å². The van der Waals surface area contributed by atoms with Crippen LogP contribution in [-0.2, 0) is 28.6 Å². The third kappa shape index (κ3) is 41.6. The van der Waals surface area contributed by atoms with Crippen LogP contribution in [0.5, 0.6) is 0 Å². The molecule has 0 heterocycles. The molecule has 0 aliphatic rings. The van der Waals surface area contributed by atoms with Gasteiger partial charge < -0.3 is 28.6 Å². The number of quaternary nitrogens is 1. The van der Waals surface area contributed by atoms with E-state index in [4.69, 9.17) is 14.2 Å². The summed E-state index contributed by atoms with van der Waals surface area (Å²) in [6, 6.07) is -0.739. The molecular weight excluding hydrogens is 775 g/mol. The third-order valence-electron chi connectivity index (χ3n) is 10.2. The summed E-state index contributed by atoms with van der Waals surface area (Å²) in [5.41, 5.74) is 0. The summed E-state index contributed by atoms with van der Waals surface area (Å²) in [5, 5.41) is 11.7. The largest absolute Gasteiger partial charge is 0.544 e. The molecule has 0 aromatic rings. The van der Waals surface area contributed by atoms with Crippen molar-refractivity contribution >= 4 is 17.9 Å². The average Bonchev–Trinajstić information content (AvgIpc) is 3.23. The Bertz CT molecular complexity index is 1330. The second-order valence-electron chi connectivity index (χ2n) is 16.9. The summed E-state index contributed by atoms with van der Waals surface area (Å²) in [5.74, 6) is -1.80. The van der Waals surface area contributed by atoms with Gasteiger partial charge >= 0.3 is 11.9 Å². The van der Waals surface area contributed by atoms with E-state index in [1.165, 1.54) is 38.5 Å². The lowest BCUT2D eigenvalue weighted by Crippen LogP contribution is -2.55. The first-order valence-corrected chi connectivity index (χ1v) is 24.3. The van der Waals surface area contributed by atoms with Gasteiger partial charge in [-0.15, -0.1) is 0 Å². The fourth-order valence-electron chi connectivity index (χ4n) is 6.52. The molecule has 0 aliphatic heterocycles. The highest BCUT2D eigenvalue weighted by atomic mass is 16.6. The number of hydrogen-bond donors (Lipinski definition) is 0. The van der Waals surface area contributed by atoms with Crippen molar-refractivity contribution in [1.29, 1.82) is 0 Å². The van der Waals surface area contributed by atoms with E-state index in [9.17, 15) is 19.5 Å². The molecule has 0 saturated heterocycles. The Morgan fingerprint density at radius 1 is 0.484 bits per heavy atom. The highest BCUT2D eigenvalue weighted by Gasteiger charge is 2.25. The van der Waals surface area contributed by atoms with E-state index in [0.717, 1.165) is 96.3 Å². The quantitative estimate of drug-likeness (QED) is 0.0261. The number of allylic oxidation sites excluding steroid dienone is 16. The van der Waals surface area contributed by atoms with Gasteiger partial charge in [-0.25, -0.2) is 0 Å². The second kappa shape index (κ2) is 43.9. The fraction of sp³-hybridized carbons (Fsp3) is 0.648. The maximum atomic E-state index is 12.8. The van der Waals surface area contributed by atoms with Crippen molar-refractivity contribution in [3.8, 4) is 0 Å². The molecule has 62 heavy (non-hydrogen) atoms. The summed E-state index contributed by atoms with van der Waals surface area (Å²) in [6.07, 6.45) is 58.6. The number of nitrogens with zero attached hydrogens (tertiary/aromatic N) is 1. The predicted octanol–water partition coefficient (Wildman–Crippen LogP) is 12.5. The van der Waals surface area contributed by atoms with Crippen molar-refractivity contribution in [3.63, 3.8) is 0 Å². The highest BCUT2D eigenvalue weighted by molar-refractivity contribution is 5.70. The lowest BCUT2D eigenvalue weighted by atomic mass is 10.1. The summed E-state index contributed by atoms with van der Waals surface area (Å²) in [4.78, 5) is 37.0. The monoisotopic (exact) mass is 864 g/mol. The molecule has 0 aliphatic carbocycles. The standard InChI is InChI=1S/C54H89NO7/c1-6-8-10-12-14-16-18-20-22-24-26-28-30-32-34-36-38-40-42-44-52(56)61-49-50(48-60-47-46-51(54(58)59)55(3,4)5)62-53(57)45-43-41-39-37-35-33-31-29-27-25-23-21-19-17-15-13-11-9-7-2/h8-11,14-17,20-23,27,29,33,35,50-51H,6-7,12-13,18-19,24-26,28,30-32,34,36-49H2,1-5H3/b10-8+,11-9+,16-14+,17-15+,22-20+,23-21+,29-27+,35-33+. The van der Waals surface area contributed by atoms with Crippen LogP contribution in [0, 0.1) is 0 Å². The fourth-order valence-corrected chi connectivity index (χ4v) is 6.52. The number of rotatable bonds is 42. The van der Waals surface area contributed by atoms with Crippen molar-refractivity contribution in [2.75, 3.05) is 41.0 Å². The van der Waals surface area contributed by atoms with Crippen molar-refractivity contribution in [2.45, 2.75) is 187 Å². The number of carboxylic acids is 1. The lowest BCUT2D eigenvalue weighted by molar-refractivity contribution is -0.889. The molecule has 352 valence electrons. The summed E-state index contributed by atoms with van der Waals surface area (Å²) < 4.78 is 17.2. The number of hydrogen-bond acceptors (Lipinski definition) is 7. The van der Waals surface area contributed by atoms with Crippen molar-refractivity contribution in [1.82, 2.24) is 0 Å². The van der Waals surface area contributed by atoms with Crippen molar-refractivity contribution in [2.24, 2.45) is 0 Å². The van der Waals surface area contributed by atoms with Crippen LogP contribution in [0.4, 0.5) is 0 Å². The van der Waals surface area contributed by atoms with E-state index in [1.807, 2.05) is 0 Å². The summed E-state index contributed by atoms with van der Waals surface area (Å²) in [7, 11) is 5.39. The Kier molecular flexibility index (Phi) is 41.2. The molecule has 0 N–H and O–H groups in total. The molecule has 0 saturated carbocycles. The van der Waals surface area contributed by atoms with Crippen LogP contribution in [-0.4, -0.2) is 75.5 Å². The van der Waals surface area contributed by atoms with Gasteiger partial charge in [0.15, 0.2) is 6.10 Å². The number of esters is 2. The first-order chi connectivity index (χ1) is 30.1. The van der Waals surface area contributed by atoms with E-state index >= 15 is 0 Å². The number of carbonyl (C=O) groups is 3. The molecule has 0 rings (SSSR count). The number of carboxylic acid groups (broad SMARTS) is 1.